The van der Waals surface area contributed by atoms with E-state index in [1.807, 2.05) is 6.79 Å². The lowest BCUT2D eigenvalue weighted by atomic mass is 10.0. The van der Waals surface area contributed by atoms with Crippen LogP contribution in [0.2, 0.25) is 0 Å². The summed E-state index contributed by atoms with van der Waals surface area (Å²) >= 11 is 4.65. The van der Waals surface area contributed by atoms with Crippen LogP contribution in [0.3, 0.4) is 0 Å². The summed E-state index contributed by atoms with van der Waals surface area (Å²) in [5.41, 5.74) is 8.26. The molecule has 4 rings (SSSR count). The molecule has 0 saturated heterocycles. The van der Waals surface area contributed by atoms with Gasteiger partial charge in [-0.15, -0.1) is 0 Å². The highest BCUT2D eigenvalue weighted by molar-refractivity contribution is 7.78. The lowest BCUT2D eigenvalue weighted by Gasteiger charge is -2.35. The molecule has 4 aromatic rings. The minimum Gasteiger partial charge on any atom is -0.508 e. The van der Waals surface area contributed by atoms with Gasteiger partial charge in [-0.05, 0) is 83.7 Å². The van der Waals surface area contributed by atoms with Crippen LogP contribution in [-0.2, 0) is 76.7 Å². The highest BCUT2D eigenvalue weighted by Crippen LogP contribution is 2.25. The van der Waals surface area contributed by atoms with Crippen molar-refractivity contribution in [2.75, 3.05) is 112 Å². The van der Waals surface area contributed by atoms with Crippen LogP contribution < -0.4 is 11.1 Å². The van der Waals surface area contributed by atoms with E-state index in [4.69, 9.17) is 35.7 Å². The number of nitrogens with two attached hydrogens (primary N) is 1. The first kappa shape index (κ1) is 84.7. The van der Waals surface area contributed by atoms with E-state index in [9.17, 15) is 98.9 Å². The van der Waals surface area contributed by atoms with Crippen molar-refractivity contribution in [3.63, 3.8) is 0 Å². The largest absolute Gasteiger partial charge is 0.508 e. The van der Waals surface area contributed by atoms with Gasteiger partial charge in [0.15, 0.2) is 0 Å². The van der Waals surface area contributed by atoms with E-state index in [2.05, 4.69) is 27.7 Å². The summed E-state index contributed by atoms with van der Waals surface area (Å²) in [5, 5.41) is 128. The number of nitrogens with one attached hydrogen (secondary N) is 1. The van der Waals surface area contributed by atoms with Crippen molar-refractivity contribution in [1.29, 1.82) is 0 Å². The summed E-state index contributed by atoms with van der Waals surface area (Å²) in [6.45, 7) is -4.08. The maximum Gasteiger partial charge on any atom is 0.317 e. The molecule has 36 nitrogen and oxygen atoms in total. The summed E-state index contributed by atoms with van der Waals surface area (Å²) in [7, 11) is 0. The summed E-state index contributed by atoms with van der Waals surface area (Å²) in [4.78, 5) is 143. The number of phenolic OH excluding ortho intramolecular Hbond substituents is 2. The first-order chi connectivity index (χ1) is 45.8. The number of benzene rings is 4. The number of isothiocyanates is 1. The van der Waals surface area contributed by atoms with Gasteiger partial charge in [-0.25, -0.2) is 0 Å². The second-order valence-corrected chi connectivity index (χ2v) is 21.1. The average molecular weight is 1390 g/mol. The van der Waals surface area contributed by atoms with Crippen LogP contribution in [-0.4, -0.2) is 291 Å². The van der Waals surface area contributed by atoms with E-state index >= 15 is 0 Å². The molecule has 0 aliphatic heterocycles. The van der Waals surface area contributed by atoms with Gasteiger partial charge in [0.1, 0.15) is 38.0 Å². The Morgan fingerprint density at radius 2 is 0.928 bits per heavy atom. The number of amides is 1. The number of hydrogen-bond acceptors (Lipinski definition) is 26. The van der Waals surface area contributed by atoms with Crippen molar-refractivity contribution in [3.05, 3.63) is 129 Å². The Hall–Kier alpha value is -10.3. The van der Waals surface area contributed by atoms with Gasteiger partial charge >= 0.3 is 53.7 Å². The fourth-order valence-corrected chi connectivity index (χ4v) is 9.12. The van der Waals surface area contributed by atoms with Crippen molar-refractivity contribution in [3.8, 4) is 11.5 Å². The molecule has 3 unspecified atom stereocenters. The number of aliphatic hydroxyl groups excluding tert-OH is 1. The molecule has 0 aliphatic carbocycles. The number of nitro benzene ring substituents is 1. The number of primary amides is 1. The fraction of sp³-hybridized carbons (Fsp3) is 0.400. The van der Waals surface area contributed by atoms with Gasteiger partial charge < -0.3 is 76.5 Å². The Morgan fingerprint density at radius 3 is 1.35 bits per heavy atom. The maximum absolute atomic E-state index is 11.9. The number of carboxylic acid groups (broad SMARTS) is 9. The van der Waals surface area contributed by atoms with E-state index in [0.717, 1.165) is 38.6 Å². The Labute approximate surface area is 559 Å². The second kappa shape index (κ2) is 46.7. The van der Waals surface area contributed by atoms with Gasteiger partial charge in [-0.3, -0.25) is 92.8 Å². The number of aliphatic hydroxyl groups is 1. The normalized spacial score (nSPS) is 11.7. The number of aromatic hydroxyl groups is 2. The summed E-state index contributed by atoms with van der Waals surface area (Å²) in [5.74, 6) is -11.4. The molecule has 0 aromatic heterocycles. The molecular formula is C60H78N10O26S. The van der Waals surface area contributed by atoms with Crippen LogP contribution in [0.4, 0.5) is 11.4 Å². The minimum absolute atomic E-state index is 0.00219. The summed E-state index contributed by atoms with van der Waals surface area (Å²) < 4.78 is 5.70. The smallest absolute Gasteiger partial charge is 0.317 e. The Balaban J connectivity index is 0.000000825. The number of carbonyl (C=O) groups is 11. The summed E-state index contributed by atoms with van der Waals surface area (Å²) in [6.07, 6.45) is 0.107. The number of non-ortho nitro benzene ring substituents is 1. The van der Waals surface area contributed by atoms with Gasteiger partial charge in [0.2, 0.25) is 5.91 Å². The van der Waals surface area contributed by atoms with Crippen molar-refractivity contribution in [1.82, 2.24) is 34.7 Å². The molecule has 4 aromatic carbocycles. The van der Waals surface area contributed by atoms with E-state index in [1.165, 1.54) is 43.9 Å². The first-order valence-electron chi connectivity index (χ1n) is 28.7. The van der Waals surface area contributed by atoms with Crippen molar-refractivity contribution in [2.45, 2.75) is 44.0 Å². The minimum atomic E-state index is -1.37. The van der Waals surface area contributed by atoms with Crippen LogP contribution in [0, 0.1) is 10.1 Å². The molecule has 1 amide bonds. The first-order valence-corrected chi connectivity index (χ1v) is 29.1. The Bertz CT molecular complexity index is 3170. The number of nitrogens with zero attached hydrogens (tertiary/aromatic N) is 8. The number of aliphatic imine (C=N–C) groups is 1. The van der Waals surface area contributed by atoms with Crippen LogP contribution in [0.1, 0.15) is 34.7 Å². The molecule has 15 N–H and O–H groups in total. The molecule has 0 saturated carbocycles. The maximum atomic E-state index is 11.9. The van der Waals surface area contributed by atoms with Gasteiger partial charge in [-0.1, -0.05) is 48.5 Å². The number of carbonyl (C=O) groups excluding carboxylic acids is 2. The van der Waals surface area contributed by atoms with E-state index in [-0.39, 0.29) is 101 Å². The van der Waals surface area contributed by atoms with E-state index < -0.39 is 135 Å². The number of nitro groups is 1. The lowest BCUT2D eigenvalue weighted by Crippen LogP contribution is -2.51. The molecule has 3 atom stereocenters. The number of aryl methyl sites for hydroxylation is 1. The van der Waals surface area contributed by atoms with Crippen LogP contribution in [0.25, 0.3) is 0 Å². The molecule has 0 radical (unpaired) electrons. The molecule has 0 aliphatic rings. The molecule has 0 spiro atoms. The Kier molecular flexibility index (Phi) is 40.8. The molecule has 0 fully saturated rings. The third-order valence-corrected chi connectivity index (χ3v) is 13.3. The zero-order chi connectivity index (χ0) is 73.2. The monoisotopic (exact) mass is 1390 g/mol. The van der Waals surface area contributed by atoms with Gasteiger partial charge in [0, 0.05) is 76.3 Å². The predicted molar refractivity (Wildman–Crippen MR) is 342 cm³/mol. The topological polar surface area (TPSA) is 553 Å². The zero-order valence-corrected chi connectivity index (χ0v) is 53.0. The highest BCUT2D eigenvalue weighted by Gasteiger charge is 2.30. The van der Waals surface area contributed by atoms with Crippen LogP contribution in [0.15, 0.2) is 102 Å². The average Bonchev–Trinajstić information content (AvgIpc) is 0.840. The highest BCUT2D eigenvalue weighted by atomic mass is 32.1. The second-order valence-electron chi connectivity index (χ2n) is 20.9. The van der Waals surface area contributed by atoms with Gasteiger partial charge in [0.05, 0.1) is 74.7 Å². The number of phenols is 2. The van der Waals surface area contributed by atoms with Crippen molar-refractivity contribution >= 4 is 95.2 Å². The number of rotatable bonds is 45. The van der Waals surface area contributed by atoms with Crippen LogP contribution in [0.5, 0.6) is 11.5 Å². The number of ether oxygens (including phenoxy) is 1. The number of thiocarbonyl (C=S) groups is 1. The van der Waals surface area contributed by atoms with Crippen molar-refractivity contribution < 1.29 is 124 Å². The lowest BCUT2D eigenvalue weighted by molar-refractivity contribution is -0.384. The summed E-state index contributed by atoms with van der Waals surface area (Å²) in [6, 6.07) is 23.0. The quantitative estimate of drug-likeness (QED) is 0.00689. The zero-order valence-electron chi connectivity index (χ0n) is 52.2. The van der Waals surface area contributed by atoms with E-state index in [0.29, 0.717) is 12.1 Å². The van der Waals surface area contributed by atoms with Crippen molar-refractivity contribution in [2.24, 2.45) is 10.7 Å². The molecule has 37 heteroatoms. The van der Waals surface area contributed by atoms with Gasteiger partial charge in [0.25, 0.3) is 5.69 Å². The number of hydrogen-bond donors (Lipinski definition) is 14. The molecule has 530 valence electrons. The Morgan fingerprint density at radius 1 is 0.536 bits per heavy atom. The molecule has 0 heterocycles. The number of carboxylic acids is 9. The molecule has 0 bridgehead atoms. The number of aliphatic carboxylic acids is 9. The SMILES string of the molecule is C=O.NC(=O)CN(CCN(CC(=O)O)CC(Cc1ccc(N=C=S)cc1)N(COCNC(O)Cc1ccc(O)cc1)CC(=O)O)CC(=O)O.O=C(O)CCc1ccc(O)cc1.O=C(O)CN(CCN(CC(=O)O)CC(c1ccc([N+](=O)[O-])cc1)N(CC(=O)O)CC(=O)O)CC(=O)O. The fourth-order valence-electron chi connectivity index (χ4n) is 9.01. The van der Waals surface area contributed by atoms with Gasteiger partial charge in [-0.2, -0.15) is 4.99 Å². The predicted octanol–water partition coefficient (Wildman–Crippen LogP) is -0.0456. The third-order valence-electron chi connectivity index (χ3n) is 13.2. The standard InChI is InChI=1S/C30H40N6O10S.C20H26N4O12.C9H10O3.CH2O/c31-26(38)14-35(16-29(42)43)10-9-34(15-28(40)41)13-24(11-21-1-5-23(6-2-21)33-19-47)36(17-30(44)45)20-46-18-32-27(39)12-22-3-7-25(37)8-4-22;25-16(26)8-21(5-6-22(9-17(27)28)10-18(29)30)7-15(23(11-19(31)32)12-20(33)34)13-1-3-14(4-2-13)24(35)36;10-8-4-1-7(2-5-8)3-6-9(11)12;1-2/h1-8,24,27,32,37,39H,9-18,20H2,(H2,31,38)(H,40,41)(H,42,43)(H,44,45);1-4,15H,5-12H2,(H,25,26)(H,27,28)(H,29,30)(H,31,32)(H,33,34);1-2,4-5,10H,3,6H2,(H,11,12);1H2. The molecule has 97 heavy (non-hydrogen) atoms. The van der Waals surface area contributed by atoms with Crippen LogP contribution >= 0.6 is 12.2 Å². The molecular weight excluding hydrogens is 1310 g/mol. The van der Waals surface area contributed by atoms with E-state index in [1.54, 1.807) is 60.7 Å². The third kappa shape index (κ3) is 39.9.